The Balaban J connectivity index is 2.10. The fraction of sp³-hybridized carbons (Fsp3) is 0.571. The molecule has 1 aromatic carbocycles. The molecule has 3 nitrogen and oxygen atoms in total. The van der Waals surface area contributed by atoms with Crippen LogP contribution in [0.3, 0.4) is 0 Å². The number of benzene rings is 1. The van der Waals surface area contributed by atoms with Gasteiger partial charge in [0.2, 0.25) is 0 Å². The van der Waals surface area contributed by atoms with Crippen molar-refractivity contribution < 1.29 is 13.9 Å². The molecule has 0 radical (unpaired) electrons. The van der Waals surface area contributed by atoms with Crippen LogP contribution in [0.2, 0.25) is 0 Å². The minimum Gasteiger partial charge on any atom is -0.486 e. The molecule has 0 atom stereocenters. The van der Waals surface area contributed by atoms with E-state index < -0.39 is 5.54 Å². The van der Waals surface area contributed by atoms with Gasteiger partial charge in [-0.1, -0.05) is 19.3 Å². The summed E-state index contributed by atoms with van der Waals surface area (Å²) in [5, 5.41) is 0. The van der Waals surface area contributed by atoms with Crippen LogP contribution >= 0.6 is 15.9 Å². The first-order valence-electron chi connectivity index (χ1n) is 6.69. The average Bonchev–Trinajstić information content (AvgIpc) is 2.39. The van der Waals surface area contributed by atoms with Gasteiger partial charge in [0.15, 0.2) is 11.5 Å². The Hall–Kier alpha value is -0.810. The Bertz CT molecular complexity index is 501. The highest BCUT2D eigenvalue weighted by Crippen LogP contribution is 2.47. The summed E-state index contributed by atoms with van der Waals surface area (Å²) >= 11 is 3.46. The maximum absolute atomic E-state index is 14.4. The minimum atomic E-state index is -0.600. The molecule has 3 rings (SSSR count). The van der Waals surface area contributed by atoms with Gasteiger partial charge in [0.25, 0.3) is 0 Å². The molecule has 2 N–H and O–H groups in total. The highest BCUT2D eigenvalue weighted by Gasteiger charge is 2.36. The Morgan fingerprint density at radius 1 is 1.16 bits per heavy atom. The van der Waals surface area contributed by atoms with Gasteiger partial charge in [0.05, 0.1) is 4.47 Å². The lowest BCUT2D eigenvalue weighted by Crippen LogP contribution is -2.40. The van der Waals surface area contributed by atoms with Gasteiger partial charge in [-0.3, -0.25) is 0 Å². The lowest BCUT2D eigenvalue weighted by molar-refractivity contribution is 0.168. The van der Waals surface area contributed by atoms with Gasteiger partial charge in [0, 0.05) is 17.2 Å². The fourth-order valence-electron chi connectivity index (χ4n) is 3.01. The zero-order chi connectivity index (χ0) is 13.5. The molecule has 1 saturated carbocycles. The van der Waals surface area contributed by atoms with Crippen LogP contribution in [0.1, 0.15) is 37.7 Å². The summed E-state index contributed by atoms with van der Waals surface area (Å²) in [4.78, 5) is 0. The number of hydrogen-bond acceptors (Lipinski definition) is 3. The van der Waals surface area contributed by atoms with Crippen molar-refractivity contribution in [1.82, 2.24) is 0 Å². The lowest BCUT2D eigenvalue weighted by atomic mass is 9.77. The molecule has 1 aliphatic heterocycles. The average molecular weight is 330 g/mol. The molecule has 1 aromatic rings. The lowest BCUT2D eigenvalue weighted by Gasteiger charge is -2.36. The third-order valence-corrected chi connectivity index (χ3v) is 4.73. The summed E-state index contributed by atoms with van der Waals surface area (Å²) in [6.45, 7) is 0.931. The Labute approximate surface area is 120 Å². The summed E-state index contributed by atoms with van der Waals surface area (Å²) in [7, 11) is 0. The molecule has 0 aromatic heterocycles. The summed E-state index contributed by atoms with van der Waals surface area (Å²) in [5.41, 5.74) is 6.39. The Morgan fingerprint density at radius 2 is 1.84 bits per heavy atom. The van der Waals surface area contributed by atoms with Crippen molar-refractivity contribution in [3.05, 3.63) is 21.9 Å². The van der Waals surface area contributed by atoms with Crippen molar-refractivity contribution in [1.29, 1.82) is 0 Å². The van der Waals surface area contributed by atoms with E-state index in [1.165, 1.54) is 12.5 Å². The second-order valence-electron chi connectivity index (χ2n) is 5.29. The van der Waals surface area contributed by atoms with Gasteiger partial charge in [-0.05, 0) is 28.8 Å². The predicted octanol–water partition coefficient (Wildman–Crippen LogP) is 3.48. The number of ether oxygens (including phenoxy) is 2. The number of nitrogens with two attached hydrogens (primary N) is 1. The zero-order valence-corrected chi connectivity index (χ0v) is 12.3. The molecular weight excluding hydrogens is 313 g/mol. The van der Waals surface area contributed by atoms with Crippen molar-refractivity contribution in [3.63, 3.8) is 0 Å². The van der Waals surface area contributed by atoms with Gasteiger partial charge in [-0.2, -0.15) is 0 Å². The number of halogens is 2. The summed E-state index contributed by atoms with van der Waals surface area (Å²) in [5.74, 6) is 0.734. The van der Waals surface area contributed by atoms with Gasteiger partial charge in [0.1, 0.15) is 19.0 Å². The summed E-state index contributed by atoms with van der Waals surface area (Å²) in [6, 6.07) is 1.40. The third kappa shape index (κ3) is 2.23. The van der Waals surface area contributed by atoms with Gasteiger partial charge >= 0.3 is 0 Å². The summed E-state index contributed by atoms with van der Waals surface area (Å²) < 4.78 is 26.1. The second kappa shape index (κ2) is 4.94. The highest BCUT2D eigenvalue weighted by atomic mass is 79.9. The van der Waals surface area contributed by atoms with Gasteiger partial charge in [-0.25, -0.2) is 4.39 Å². The highest BCUT2D eigenvalue weighted by molar-refractivity contribution is 9.10. The van der Waals surface area contributed by atoms with Crippen LogP contribution in [-0.2, 0) is 5.54 Å². The molecule has 0 amide bonds. The molecule has 1 aliphatic carbocycles. The maximum atomic E-state index is 14.4. The zero-order valence-electron chi connectivity index (χ0n) is 10.7. The van der Waals surface area contributed by atoms with E-state index in [1.54, 1.807) is 0 Å². The summed E-state index contributed by atoms with van der Waals surface area (Å²) in [6.07, 6.45) is 4.86. The third-order valence-electron chi connectivity index (χ3n) is 3.97. The Morgan fingerprint density at radius 3 is 2.58 bits per heavy atom. The van der Waals surface area contributed by atoms with Crippen LogP contribution in [0.5, 0.6) is 11.5 Å². The van der Waals surface area contributed by atoms with E-state index in [2.05, 4.69) is 15.9 Å². The van der Waals surface area contributed by atoms with Crippen molar-refractivity contribution in [2.45, 2.75) is 37.6 Å². The normalized spacial score (nSPS) is 21.2. The van der Waals surface area contributed by atoms with E-state index >= 15 is 0 Å². The van der Waals surface area contributed by atoms with Gasteiger partial charge < -0.3 is 15.2 Å². The first-order chi connectivity index (χ1) is 9.12. The SMILES string of the molecule is NC1(c2c(F)cc3c(c2Br)OCCO3)CCCCC1. The quantitative estimate of drug-likeness (QED) is 0.857. The largest absolute Gasteiger partial charge is 0.486 e. The molecule has 5 heteroatoms. The van der Waals surface area contributed by atoms with Crippen LogP contribution in [-0.4, -0.2) is 13.2 Å². The molecule has 1 fully saturated rings. The molecule has 0 spiro atoms. The van der Waals surface area contributed by atoms with Crippen molar-refractivity contribution >= 4 is 15.9 Å². The maximum Gasteiger partial charge on any atom is 0.176 e. The molecule has 19 heavy (non-hydrogen) atoms. The first-order valence-corrected chi connectivity index (χ1v) is 7.48. The van der Waals surface area contributed by atoms with E-state index in [1.807, 2.05) is 0 Å². The second-order valence-corrected chi connectivity index (χ2v) is 6.08. The van der Waals surface area contributed by atoms with Crippen molar-refractivity contribution in [2.75, 3.05) is 13.2 Å². The molecule has 2 aliphatic rings. The number of rotatable bonds is 1. The monoisotopic (exact) mass is 329 g/mol. The molecule has 1 heterocycles. The molecule has 0 unspecified atom stereocenters. The number of fused-ring (bicyclic) bond motifs is 1. The van der Waals surface area contributed by atoms with Crippen LogP contribution in [0, 0.1) is 5.82 Å². The predicted molar refractivity (Wildman–Crippen MR) is 74.0 cm³/mol. The van der Waals surface area contributed by atoms with E-state index in [4.69, 9.17) is 15.2 Å². The van der Waals surface area contributed by atoms with E-state index in [0.29, 0.717) is 34.7 Å². The van der Waals surface area contributed by atoms with Crippen molar-refractivity contribution in [2.24, 2.45) is 5.73 Å². The van der Waals surface area contributed by atoms with Crippen LogP contribution in [0.25, 0.3) is 0 Å². The van der Waals surface area contributed by atoms with Crippen LogP contribution < -0.4 is 15.2 Å². The minimum absolute atomic E-state index is 0.305. The standard InChI is InChI=1S/C14H17BrFNO2/c15-12-11(14(17)4-2-1-3-5-14)9(16)8-10-13(12)19-7-6-18-10/h8H,1-7,17H2. The molecular formula is C14H17BrFNO2. The van der Waals surface area contributed by atoms with Crippen molar-refractivity contribution in [3.8, 4) is 11.5 Å². The number of hydrogen-bond donors (Lipinski definition) is 1. The van der Waals surface area contributed by atoms with E-state index in [0.717, 1.165) is 25.7 Å². The van der Waals surface area contributed by atoms with E-state index in [-0.39, 0.29) is 5.82 Å². The molecule has 0 saturated heterocycles. The molecule has 104 valence electrons. The fourth-order valence-corrected chi connectivity index (χ4v) is 3.90. The smallest absolute Gasteiger partial charge is 0.176 e. The molecule has 0 bridgehead atoms. The van der Waals surface area contributed by atoms with Crippen LogP contribution in [0.15, 0.2) is 10.5 Å². The van der Waals surface area contributed by atoms with Gasteiger partial charge in [-0.15, -0.1) is 0 Å². The van der Waals surface area contributed by atoms with Crippen LogP contribution in [0.4, 0.5) is 4.39 Å². The first kappa shape index (κ1) is 13.2. The topological polar surface area (TPSA) is 44.5 Å². The Kier molecular flexibility index (Phi) is 3.43. The van der Waals surface area contributed by atoms with E-state index in [9.17, 15) is 4.39 Å².